The van der Waals surface area contributed by atoms with Crippen molar-refractivity contribution in [1.82, 2.24) is 14.0 Å². The van der Waals surface area contributed by atoms with Gasteiger partial charge in [0.1, 0.15) is 11.3 Å². The van der Waals surface area contributed by atoms with Gasteiger partial charge < -0.3 is 13.7 Å². The number of aryl methyl sites for hydroxylation is 2. The quantitative estimate of drug-likeness (QED) is 0.679. The predicted octanol–water partition coefficient (Wildman–Crippen LogP) is 3.34. The second-order valence-electron chi connectivity index (χ2n) is 4.54. The number of carbonyl (C=O) groups is 1. The third-order valence-corrected chi connectivity index (χ3v) is 3.25. The minimum Gasteiger partial charge on any atom is -0.461 e. The van der Waals surface area contributed by atoms with Crippen molar-refractivity contribution in [1.29, 1.82) is 0 Å². The molecule has 21 heavy (non-hydrogen) atoms. The highest BCUT2D eigenvalue weighted by Crippen LogP contribution is 2.23. The molecule has 5 nitrogen and oxygen atoms in total. The van der Waals surface area contributed by atoms with E-state index in [4.69, 9.17) is 4.74 Å². The molecule has 0 aliphatic rings. The summed E-state index contributed by atoms with van der Waals surface area (Å²) in [5, 5.41) is 0.959. The minimum absolute atomic E-state index is 0.303. The van der Waals surface area contributed by atoms with Gasteiger partial charge in [-0.1, -0.05) is 13.8 Å². The molecule has 3 rings (SSSR count). The van der Waals surface area contributed by atoms with Crippen molar-refractivity contribution in [2.75, 3.05) is 6.61 Å². The van der Waals surface area contributed by atoms with Gasteiger partial charge in [-0.25, -0.2) is 9.78 Å². The monoisotopic (exact) mass is 287 g/mol. The van der Waals surface area contributed by atoms with Crippen molar-refractivity contribution in [2.24, 2.45) is 7.05 Å². The molecule has 0 unspecified atom stereocenters. The zero-order valence-corrected chi connectivity index (χ0v) is 13.2. The number of hydrogen-bond acceptors (Lipinski definition) is 3. The van der Waals surface area contributed by atoms with E-state index in [9.17, 15) is 4.79 Å². The van der Waals surface area contributed by atoms with Crippen molar-refractivity contribution in [3.8, 4) is 0 Å². The lowest BCUT2D eigenvalue weighted by Gasteiger charge is -2.03. The topological polar surface area (TPSA) is 48.5 Å². The predicted molar refractivity (Wildman–Crippen MR) is 83.7 cm³/mol. The fourth-order valence-electron chi connectivity index (χ4n) is 2.38. The van der Waals surface area contributed by atoms with Crippen molar-refractivity contribution in [3.05, 3.63) is 35.9 Å². The molecule has 0 radical (unpaired) electrons. The van der Waals surface area contributed by atoms with Crippen LogP contribution in [0.25, 0.3) is 16.6 Å². The average Bonchev–Trinajstić information content (AvgIpc) is 3.01. The number of rotatable bonds is 2. The highest BCUT2D eigenvalue weighted by Gasteiger charge is 2.16. The summed E-state index contributed by atoms with van der Waals surface area (Å²) in [6, 6.07) is 3.82. The number of imidazole rings is 1. The molecule has 112 valence electrons. The van der Waals surface area contributed by atoms with E-state index >= 15 is 0 Å². The summed E-state index contributed by atoms with van der Waals surface area (Å²) in [6.07, 6.45) is 3.92. The maximum absolute atomic E-state index is 11.9. The first kappa shape index (κ1) is 15.1. The molecule has 0 aromatic carbocycles. The number of nitrogens with zero attached hydrogens (tertiary/aromatic N) is 3. The Balaban J connectivity index is 0.000000774. The van der Waals surface area contributed by atoms with Gasteiger partial charge in [-0.05, 0) is 26.0 Å². The van der Waals surface area contributed by atoms with Gasteiger partial charge in [0.25, 0.3) is 0 Å². The average molecular weight is 287 g/mol. The smallest absolute Gasteiger partial charge is 0.354 e. The van der Waals surface area contributed by atoms with Crippen LogP contribution < -0.4 is 0 Å². The van der Waals surface area contributed by atoms with Gasteiger partial charge in [0.2, 0.25) is 0 Å². The Hall–Kier alpha value is -2.30. The van der Waals surface area contributed by atoms with Gasteiger partial charge in [0.15, 0.2) is 0 Å². The van der Waals surface area contributed by atoms with Gasteiger partial charge in [-0.15, -0.1) is 0 Å². The molecule has 0 N–H and O–H groups in total. The first-order valence-electron chi connectivity index (χ1n) is 7.22. The minimum atomic E-state index is -0.303. The summed E-state index contributed by atoms with van der Waals surface area (Å²) in [5.41, 5.74) is 3.34. The first-order chi connectivity index (χ1) is 10.1. The summed E-state index contributed by atoms with van der Waals surface area (Å²) in [4.78, 5) is 16.4. The molecule has 0 saturated carbocycles. The van der Waals surface area contributed by atoms with Crippen LogP contribution in [0.2, 0.25) is 0 Å². The van der Waals surface area contributed by atoms with E-state index in [1.54, 1.807) is 6.92 Å². The number of pyridine rings is 1. The maximum Gasteiger partial charge on any atom is 0.354 e. The zero-order valence-electron chi connectivity index (χ0n) is 13.2. The Bertz CT molecular complexity index is 784. The Morgan fingerprint density at radius 3 is 2.76 bits per heavy atom. The molecule has 3 heterocycles. The highest BCUT2D eigenvalue weighted by molar-refractivity contribution is 6.00. The largest absolute Gasteiger partial charge is 0.461 e. The van der Waals surface area contributed by atoms with E-state index in [2.05, 4.69) is 4.98 Å². The Labute approximate surface area is 124 Å². The second kappa shape index (κ2) is 5.99. The summed E-state index contributed by atoms with van der Waals surface area (Å²) in [6.45, 7) is 8.13. The highest BCUT2D eigenvalue weighted by atomic mass is 16.5. The molecule has 0 atom stereocenters. The van der Waals surface area contributed by atoms with Crippen LogP contribution in [0.1, 0.15) is 37.0 Å². The SMILES string of the molecule is CC.CCOC(=O)c1cc2c(ccn3cc(C)nc23)n1C. The molecule has 0 aliphatic heterocycles. The van der Waals surface area contributed by atoms with Crippen LogP contribution in [0.5, 0.6) is 0 Å². The van der Waals surface area contributed by atoms with E-state index in [1.165, 1.54) is 0 Å². The van der Waals surface area contributed by atoms with Crippen molar-refractivity contribution >= 4 is 22.5 Å². The van der Waals surface area contributed by atoms with Gasteiger partial charge >= 0.3 is 5.97 Å². The number of esters is 1. The van der Waals surface area contributed by atoms with Gasteiger partial charge in [-0.3, -0.25) is 0 Å². The van der Waals surface area contributed by atoms with E-state index in [0.717, 1.165) is 22.2 Å². The number of carbonyl (C=O) groups excluding carboxylic acids is 1. The summed E-state index contributed by atoms with van der Waals surface area (Å²) in [5.74, 6) is -0.303. The maximum atomic E-state index is 11.9. The Morgan fingerprint density at radius 2 is 2.10 bits per heavy atom. The van der Waals surface area contributed by atoms with E-state index < -0.39 is 0 Å². The summed E-state index contributed by atoms with van der Waals surface area (Å²) < 4.78 is 8.88. The molecule has 0 fully saturated rings. The Morgan fingerprint density at radius 1 is 1.38 bits per heavy atom. The van der Waals surface area contributed by atoms with Crippen LogP contribution in [0.15, 0.2) is 24.5 Å². The standard InChI is InChI=1S/C14H15N3O2.C2H6/c1-4-19-14(18)12-7-10-11(16(12)3)5-6-17-8-9(2)15-13(10)17;1-2/h5-8H,4H2,1-3H3;1-2H3. The lowest BCUT2D eigenvalue weighted by Crippen LogP contribution is -2.09. The lowest BCUT2D eigenvalue weighted by atomic mass is 10.3. The van der Waals surface area contributed by atoms with Crippen molar-refractivity contribution in [2.45, 2.75) is 27.7 Å². The molecule has 0 aliphatic carbocycles. The van der Waals surface area contributed by atoms with E-state index in [0.29, 0.717) is 12.3 Å². The third kappa shape index (κ3) is 2.51. The van der Waals surface area contributed by atoms with Crippen LogP contribution in [0.3, 0.4) is 0 Å². The van der Waals surface area contributed by atoms with E-state index in [1.807, 2.05) is 61.3 Å². The molecule has 3 aromatic rings. The van der Waals surface area contributed by atoms with Gasteiger partial charge in [-0.2, -0.15) is 0 Å². The van der Waals surface area contributed by atoms with Crippen molar-refractivity contribution < 1.29 is 9.53 Å². The molecule has 0 saturated heterocycles. The van der Waals surface area contributed by atoms with Crippen LogP contribution in [0.4, 0.5) is 0 Å². The molecule has 5 heteroatoms. The molecular formula is C16H21N3O2. The Kier molecular flexibility index (Phi) is 4.31. The second-order valence-corrected chi connectivity index (χ2v) is 4.54. The van der Waals surface area contributed by atoms with Crippen LogP contribution in [-0.2, 0) is 11.8 Å². The van der Waals surface area contributed by atoms with Crippen LogP contribution >= 0.6 is 0 Å². The molecule has 0 bridgehead atoms. The lowest BCUT2D eigenvalue weighted by molar-refractivity contribution is 0.0516. The molecule has 0 amide bonds. The number of aromatic nitrogens is 3. The van der Waals surface area contributed by atoms with Gasteiger partial charge in [0, 0.05) is 24.8 Å². The first-order valence-corrected chi connectivity index (χ1v) is 7.22. The fraction of sp³-hybridized carbons (Fsp3) is 0.375. The molecular weight excluding hydrogens is 266 g/mol. The normalized spacial score (nSPS) is 10.5. The summed E-state index contributed by atoms with van der Waals surface area (Å²) in [7, 11) is 1.86. The zero-order chi connectivity index (χ0) is 15.6. The number of ether oxygens (including phenoxy) is 1. The van der Waals surface area contributed by atoms with Gasteiger partial charge in [0.05, 0.1) is 17.8 Å². The van der Waals surface area contributed by atoms with Crippen LogP contribution in [-0.4, -0.2) is 26.5 Å². The third-order valence-electron chi connectivity index (χ3n) is 3.25. The molecule has 0 spiro atoms. The summed E-state index contributed by atoms with van der Waals surface area (Å²) >= 11 is 0. The van der Waals surface area contributed by atoms with Crippen LogP contribution in [0, 0.1) is 6.92 Å². The number of hydrogen-bond donors (Lipinski definition) is 0. The number of fused-ring (bicyclic) bond motifs is 3. The van der Waals surface area contributed by atoms with E-state index in [-0.39, 0.29) is 5.97 Å². The molecule has 3 aromatic heterocycles. The fourth-order valence-corrected chi connectivity index (χ4v) is 2.38. The van der Waals surface area contributed by atoms with Crippen molar-refractivity contribution in [3.63, 3.8) is 0 Å².